The summed E-state index contributed by atoms with van der Waals surface area (Å²) in [6.07, 6.45) is 5.57. The number of carbonyl (C=O) groups is 1. The van der Waals surface area contributed by atoms with Gasteiger partial charge in [0.15, 0.2) is 12.0 Å². The lowest BCUT2D eigenvalue weighted by Crippen LogP contribution is -2.18. The summed E-state index contributed by atoms with van der Waals surface area (Å²) < 4.78 is 6.84. The highest BCUT2D eigenvalue weighted by Crippen LogP contribution is 2.12. The van der Waals surface area contributed by atoms with E-state index in [1.165, 1.54) is 16.8 Å². The molecule has 0 saturated heterocycles. The Morgan fingerprint density at radius 3 is 2.89 bits per heavy atom. The fourth-order valence-electron chi connectivity index (χ4n) is 1.59. The molecule has 19 heavy (non-hydrogen) atoms. The van der Waals surface area contributed by atoms with Crippen LogP contribution in [0.4, 0.5) is 0 Å². The van der Waals surface area contributed by atoms with Crippen LogP contribution in [0.2, 0.25) is 0 Å². The van der Waals surface area contributed by atoms with Gasteiger partial charge in [0.2, 0.25) is 5.43 Å². The Labute approximate surface area is 111 Å². The van der Waals surface area contributed by atoms with E-state index in [-0.39, 0.29) is 36.6 Å². The molecular weight excluding hydrogens is 246 g/mol. The molecule has 0 fully saturated rings. The van der Waals surface area contributed by atoms with Gasteiger partial charge in [-0.1, -0.05) is 18.7 Å². The Bertz CT molecular complexity index is 543. The number of pyridine rings is 1. The number of carbonyl (C=O) groups excluding carboxylic acids is 1. The zero-order valence-electron chi connectivity index (χ0n) is 10.8. The van der Waals surface area contributed by atoms with Crippen LogP contribution in [-0.4, -0.2) is 29.2 Å². The molecule has 0 unspecified atom stereocenters. The number of hydrogen-bond acceptors (Lipinski definition) is 4. The summed E-state index contributed by atoms with van der Waals surface area (Å²) in [7, 11) is 0. The first-order valence-electron chi connectivity index (χ1n) is 5.86. The highest BCUT2D eigenvalue weighted by Gasteiger charge is 2.11. The van der Waals surface area contributed by atoms with Gasteiger partial charge in [0.05, 0.1) is 6.61 Å². The Balaban J connectivity index is 3.04. The first-order chi connectivity index (χ1) is 9.13. The summed E-state index contributed by atoms with van der Waals surface area (Å²) in [5.74, 6) is -0.0170. The Morgan fingerprint density at radius 2 is 2.32 bits per heavy atom. The van der Waals surface area contributed by atoms with Crippen LogP contribution in [-0.2, 0) is 6.54 Å². The monoisotopic (exact) mass is 263 g/mol. The molecule has 0 saturated carbocycles. The van der Waals surface area contributed by atoms with E-state index in [1.807, 2.05) is 6.92 Å². The Kier molecular flexibility index (Phi) is 5.75. The zero-order chi connectivity index (χ0) is 14.3. The number of aliphatic hydroxyl groups is 1. The molecule has 0 aromatic carbocycles. The summed E-state index contributed by atoms with van der Waals surface area (Å²) in [5.41, 5.74) is 0.440. The molecule has 1 rings (SSSR count). The van der Waals surface area contributed by atoms with Crippen LogP contribution in [0.1, 0.15) is 17.4 Å². The van der Waals surface area contributed by atoms with Gasteiger partial charge in [0.25, 0.3) is 0 Å². The number of hydrogen-bond donors (Lipinski definition) is 1. The third-order valence-electron chi connectivity index (χ3n) is 2.43. The molecule has 1 aromatic rings. The molecule has 0 bridgehead atoms. The molecule has 0 aliphatic carbocycles. The van der Waals surface area contributed by atoms with Crippen LogP contribution in [0.5, 0.6) is 5.75 Å². The Hall–Kier alpha value is -2.14. The highest BCUT2D eigenvalue weighted by molar-refractivity contribution is 5.76. The van der Waals surface area contributed by atoms with E-state index < -0.39 is 0 Å². The standard InChI is InChI=1S/C14H17NO4/c1-3-4-11(2)10-19-14-12(9-17)15(7-8-16)6-5-13(14)18/h3-6,9,16H,2,7-8,10H2,1H3/b4-3-. The van der Waals surface area contributed by atoms with Crippen LogP contribution < -0.4 is 10.2 Å². The smallest absolute Gasteiger partial charge is 0.224 e. The van der Waals surface area contributed by atoms with Crippen molar-refractivity contribution in [3.63, 3.8) is 0 Å². The van der Waals surface area contributed by atoms with Gasteiger partial charge in [-0.05, 0) is 12.5 Å². The average Bonchev–Trinajstić information content (AvgIpc) is 2.39. The third-order valence-corrected chi connectivity index (χ3v) is 2.43. The molecule has 0 amide bonds. The predicted molar refractivity (Wildman–Crippen MR) is 72.6 cm³/mol. The van der Waals surface area contributed by atoms with Crippen LogP contribution in [0.3, 0.4) is 0 Å². The second-order valence-electron chi connectivity index (χ2n) is 3.88. The van der Waals surface area contributed by atoms with Gasteiger partial charge < -0.3 is 14.4 Å². The van der Waals surface area contributed by atoms with Crippen LogP contribution in [0, 0.1) is 0 Å². The molecule has 102 valence electrons. The van der Waals surface area contributed by atoms with E-state index in [0.717, 1.165) is 0 Å². The number of ether oxygens (including phenoxy) is 1. The second-order valence-corrected chi connectivity index (χ2v) is 3.88. The topological polar surface area (TPSA) is 68.5 Å². The fraction of sp³-hybridized carbons (Fsp3) is 0.286. The van der Waals surface area contributed by atoms with E-state index in [9.17, 15) is 9.59 Å². The zero-order valence-corrected chi connectivity index (χ0v) is 10.8. The first kappa shape index (κ1) is 14.9. The van der Waals surface area contributed by atoms with Gasteiger partial charge in [-0.2, -0.15) is 0 Å². The maximum atomic E-state index is 11.7. The minimum Gasteiger partial charge on any atom is -0.483 e. The number of rotatable bonds is 7. The maximum absolute atomic E-state index is 11.7. The van der Waals surface area contributed by atoms with Gasteiger partial charge >= 0.3 is 0 Å². The van der Waals surface area contributed by atoms with Crippen molar-refractivity contribution in [2.75, 3.05) is 13.2 Å². The third kappa shape index (κ3) is 3.93. The summed E-state index contributed by atoms with van der Waals surface area (Å²) in [4.78, 5) is 22.8. The molecule has 0 spiro atoms. The maximum Gasteiger partial charge on any atom is 0.224 e. The molecule has 5 heteroatoms. The van der Waals surface area contributed by atoms with Crippen LogP contribution >= 0.6 is 0 Å². The van der Waals surface area contributed by atoms with E-state index in [4.69, 9.17) is 9.84 Å². The number of aromatic nitrogens is 1. The minimum absolute atomic E-state index is 0.0170. The molecule has 0 atom stereocenters. The summed E-state index contributed by atoms with van der Waals surface area (Å²) in [6.45, 7) is 5.82. The van der Waals surface area contributed by atoms with Gasteiger partial charge in [-0.15, -0.1) is 0 Å². The normalized spacial score (nSPS) is 10.6. The number of nitrogens with zero attached hydrogens (tertiary/aromatic N) is 1. The average molecular weight is 263 g/mol. The van der Waals surface area contributed by atoms with E-state index in [2.05, 4.69) is 6.58 Å². The molecule has 0 radical (unpaired) electrons. The quantitative estimate of drug-likeness (QED) is 0.592. The summed E-state index contributed by atoms with van der Waals surface area (Å²) in [6, 6.07) is 1.30. The lowest BCUT2D eigenvalue weighted by molar-refractivity contribution is 0.110. The van der Waals surface area contributed by atoms with Crippen molar-refractivity contribution in [3.05, 3.63) is 52.5 Å². The number of aldehydes is 1. The minimum atomic E-state index is -0.371. The van der Waals surface area contributed by atoms with Crippen molar-refractivity contribution in [2.45, 2.75) is 13.5 Å². The molecule has 1 aromatic heterocycles. The number of allylic oxidation sites excluding steroid dienone is 1. The predicted octanol–water partition coefficient (Wildman–Crippen LogP) is 1.16. The van der Waals surface area contributed by atoms with E-state index in [1.54, 1.807) is 12.2 Å². The molecule has 0 aliphatic rings. The SMILES string of the molecule is C=C(/C=C\C)COc1c(C=O)n(CCO)ccc1=O. The van der Waals surface area contributed by atoms with E-state index in [0.29, 0.717) is 11.9 Å². The Morgan fingerprint density at radius 1 is 1.58 bits per heavy atom. The molecule has 1 N–H and O–H groups in total. The molecule has 5 nitrogen and oxygen atoms in total. The van der Waals surface area contributed by atoms with Crippen LogP contribution in [0.15, 0.2) is 41.4 Å². The van der Waals surface area contributed by atoms with E-state index >= 15 is 0 Å². The van der Waals surface area contributed by atoms with Crippen molar-refractivity contribution < 1.29 is 14.6 Å². The lowest BCUT2D eigenvalue weighted by Gasteiger charge is -2.13. The van der Waals surface area contributed by atoms with Gasteiger partial charge in [-0.3, -0.25) is 9.59 Å². The summed E-state index contributed by atoms with van der Waals surface area (Å²) >= 11 is 0. The van der Waals surface area contributed by atoms with Gasteiger partial charge in [0.1, 0.15) is 12.3 Å². The molecule has 1 heterocycles. The number of aliphatic hydroxyl groups excluding tert-OH is 1. The van der Waals surface area contributed by atoms with Gasteiger partial charge in [-0.25, -0.2) is 0 Å². The summed E-state index contributed by atoms with van der Waals surface area (Å²) in [5, 5.41) is 8.91. The molecule has 0 aliphatic heterocycles. The van der Waals surface area contributed by atoms with Crippen molar-refractivity contribution in [2.24, 2.45) is 0 Å². The van der Waals surface area contributed by atoms with Crippen molar-refractivity contribution in [1.29, 1.82) is 0 Å². The van der Waals surface area contributed by atoms with Crippen molar-refractivity contribution in [1.82, 2.24) is 4.57 Å². The van der Waals surface area contributed by atoms with Crippen LogP contribution in [0.25, 0.3) is 0 Å². The highest BCUT2D eigenvalue weighted by atomic mass is 16.5. The van der Waals surface area contributed by atoms with Gasteiger partial charge in [0, 0.05) is 18.8 Å². The van der Waals surface area contributed by atoms with Crippen molar-refractivity contribution in [3.8, 4) is 5.75 Å². The molecular formula is C14H17NO4. The van der Waals surface area contributed by atoms with Crippen molar-refractivity contribution >= 4 is 6.29 Å². The largest absolute Gasteiger partial charge is 0.483 e. The lowest BCUT2D eigenvalue weighted by atomic mass is 10.3. The first-order valence-corrected chi connectivity index (χ1v) is 5.86. The second kappa shape index (κ2) is 7.33. The fourth-order valence-corrected chi connectivity index (χ4v) is 1.59.